The molecule has 5 N–H and O–H groups in total. The van der Waals surface area contributed by atoms with Crippen molar-refractivity contribution in [2.75, 3.05) is 6.61 Å². The Morgan fingerprint density at radius 3 is 2.36 bits per heavy atom. The molecule has 0 bridgehead atoms. The first-order chi connectivity index (χ1) is 11.9. The third kappa shape index (κ3) is 3.40. The number of aliphatic hydroxyl groups is 5. The lowest BCUT2D eigenvalue weighted by Gasteiger charge is -2.24. The van der Waals surface area contributed by atoms with Crippen molar-refractivity contribution in [3.05, 3.63) is 34.8 Å². The van der Waals surface area contributed by atoms with E-state index in [9.17, 15) is 20.4 Å². The summed E-state index contributed by atoms with van der Waals surface area (Å²) in [5, 5.41) is 60.5. The van der Waals surface area contributed by atoms with Crippen LogP contribution < -0.4 is 0 Å². The molecule has 0 saturated carbocycles. The van der Waals surface area contributed by atoms with Crippen LogP contribution in [0.1, 0.15) is 16.7 Å². The molecule has 0 fully saturated rings. The van der Waals surface area contributed by atoms with E-state index in [1.807, 2.05) is 31.2 Å². The predicted octanol–water partition coefficient (Wildman–Crippen LogP) is -0.730. The average molecular weight is 366 g/mol. The van der Waals surface area contributed by atoms with Crippen molar-refractivity contribution in [2.24, 2.45) is 0 Å². The Kier molecular flexibility index (Phi) is 5.08. The fraction of sp³-hybridized carbons (Fsp3) is 0.400. The van der Waals surface area contributed by atoms with E-state index in [4.69, 9.17) is 5.11 Å². The van der Waals surface area contributed by atoms with Crippen LogP contribution in [-0.4, -0.2) is 70.3 Å². The van der Waals surface area contributed by atoms with E-state index < -0.39 is 31.0 Å². The maximum atomic E-state index is 10.2. The summed E-state index contributed by atoms with van der Waals surface area (Å²) in [4.78, 5) is 0.411. The number of fused-ring (bicyclic) bond motifs is 1. The molecule has 0 unspecified atom stereocenters. The van der Waals surface area contributed by atoms with Crippen LogP contribution in [-0.2, 0) is 0 Å². The monoisotopic (exact) mass is 366 g/mol. The molecule has 3 rings (SSSR count). The SMILES string of the molecule is Cc1ccc(-c2nnc3sc([C@H](O)[C@@H](O)[C@H](O)[C@H](O)CO)nn23)cc1. The van der Waals surface area contributed by atoms with E-state index in [0.717, 1.165) is 22.5 Å². The number of hydrogen-bond acceptors (Lipinski definition) is 9. The van der Waals surface area contributed by atoms with Crippen LogP contribution in [0.4, 0.5) is 0 Å². The zero-order valence-electron chi connectivity index (χ0n) is 13.3. The van der Waals surface area contributed by atoms with Gasteiger partial charge in [0.15, 0.2) is 5.82 Å². The van der Waals surface area contributed by atoms with Crippen molar-refractivity contribution >= 4 is 16.3 Å². The lowest BCUT2D eigenvalue weighted by atomic mass is 10.0. The highest BCUT2D eigenvalue weighted by Crippen LogP contribution is 2.27. The van der Waals surface area contributed by atoms with Gasteiger partial charge in [-0.15, -0.1) is 10.2 Å². The molecule has 0 aliphatic carbocycles. The molecule has 0 aliphatic heterocycles. The Balaban J connectivity index is 1.90. The molecule has 4 atom stereocenters. The van der Waals surface area contributed by atoms with Crippen molar-refractivity contribution in [1.82, 2.24) is 19.8 Å². The normalized spacial score (nSPS) is 16.7. The lowest BCUT2D eigenvalue weighted by Crippen LogP contribution is -2.42. The van der Waals surface area contributed by atoms with Gasteiger partial charge in [0.25, 0.3) is 0 Å². The second-order valence-corrected chi connectivity index (χ2v) is 6.69. The van der Waals surface area contributed by atoms with E-state index in [1.165, 1.54) is 4.52 Å². The zero-order chi connectivity index (χ0) is 18.1. The summed E-state index contributed by atoms with van der Waals surface area (Å²) in [7, 11) is 0. The van der Waals surface area contributed by atoms with Gasteiger partial charge in [-0.2, -0.15) is 9.61 Å². The van der Waals surface area contributed by atoms with Gasteiger partial charge >= 0.3 is 0 Å². The molecule has 0 radical (unpaired) electrons. The van der Waals surface area contributed by atoms with Gasteiger partial charge in [-0.1, -0.05) is 41.2 Å². The van der Waals surface area contributed by atoms with Crippen molar-refractivity contribution in [3.63, 3.8) is 0 Å². The standard InChI is InChI=1S/C15H18N4O5S/c1-7-2-4-8(5-3-7)13-16-17-15-19(13)18-14(25-15)12(24)11(23)10(22)9(21)6-20/h2-5,9-12,20-24H,6H2,1H3/t9-,10-,11+,12-/m1/s1. The molecule has 2 heterocycles. The molecule has 0 amide bonds. The smallest absolute Gasteiger partial charge is 0.235 e. The molecule has 0 saturated heterocycles. The molecule has 10 heteroatoms. The molecule has 134 valence electrons. The van der Waals surface area contributed by atoms with Crippen LogP contribution in [0.2, 0.25) is 0 Å². The fourth-order valence-electron chi connectivity index (χ4n) is 2.30. The highest BCUT2D eigenvalue weighted by molar-refractivity contribution is 7.16. The molecular weight excluding hydrogens is 348 g/mol. The van der Waals surface area contributed by atoms with Gasteiger partial charge < -0.3 is 25.5 Å². The van der Waals surface area contributed by atoms with Crippen LogP contribution >= 0.6 is 11.3 Å². The Morgan fingerprint density at radius 2 is 1.72 bits per heavy atom. The number of benzene rings is 1. The molecular formula is C15H18N4O5S. The average Bonchev–Trinajstić information content (AvgIpc) is 3.20. The summed E-state index contributed by atoms with van der Waals surface area (Å²) in [5.74, 6) is 0.482. The summed E-state index contributed by atoms with van der Waals surface area (Å²) in [6.07, 6.45) is -6.55. The van der Waals surface area contributed by atoms with Crippen LogP contribution in [0.3, 0.4) is 0 Å². The maximum absolute atomic E-state index is 10.2. The number of hydrogen-bond donors (Lipinski definition) is 5. The van der Waals surface area contributed by atoms with Gasteiger partial charge in [0, 0.05) is 5.56 Å². The molecule has 0 aliphatic rings. The number of nitrogens with zero attached hydrogens (tertiary/aromatic N) is 4. The Morgan fingerprint density at radius 1 is 1.04 bits per heavy atom. The molecule has 3 aromatic rings. The predicted molar refractivity (Wildman–Crippen MR) is 88.9 cm³/mol. The van der Waals surface area contributed by atoms with Gasteiger partial charge in [-0.25, -0.2) is 0 Å². The summed E-state index contributed by atoms with van der Waals surface area (Å²) in [6, 6.07) is 7.60. The van der Waals surface area contributed by atoms with Gasteiger partial charge in [0.1, 0.15) is 29.4 Å². The summed E-state index contributed by atoms with van der Waals surface area (Å²) in [6.45, 7) is 1.22. The molecule has 1 aromatic carbocycles. The minimum atomic E-state index is -1.72. The van der Waals surface area contributed by atoms with E-state index in [-0.39, 0.29) is 5.01 Å². The minimum absolute atomic E-state index is 0.106. The third-order valence-electron chi connectivity index (χ3n) is 3.82. The number of aryl methyl sites for hydroxylation is 1. The van der Waals surface area contributed by atoms with Crippen LogP contribution in [0, 0.1) is 6.92 Å². The summed E-state index contributed by atoms with van der Waals surface area (Å²) in [5.41, 5.74) is 1.89. The number of rotatable bonds is 6. The molecule has 0 spiro atoms. The van der Waals surface area contributed by atoms with Crippen LogP contribution in [0.5, 0.6) is 0 Å². The van der Waals surface area contributed by atoms with Gasteiger partial charge in [0.05, 0.1) is 6.61 Å². The first-order valence-electron chi connectivity index (χ1n) is 7.54. The Hall–Kier alpha value is -1.95. The summed E-state index contributed by atoms with van der Waals surface area (Å²) >= 11 is 1.00. The topological polar surface area (TPSA) is 144 Å². The highest BCUT2D eigenvalue weighted by Gasteiger charge is 2.33. The van der Waals surface area contributed by atoms with Crippen LogP contribution in [0.15, 0.2) is 24.3 Å². The Bertz CT molecular complexity index is 849. The lowest BCUT2D eigenvalue weighted by molar-refractivity contribution is -0.116. The molecule has 2 aromatic heterocycles. The van der Waals surface area contributed by atoms with E-state index in [2.05, 4.69) is 15.3 Å². The summed E-state index contributed by atoms with van der Waals surface area (Å²) < 4.78 is 1.44. The van der Waals surface area contributed by atoms with Crippen molar-refractivity contribution in [3.8, 4) is 11.4 Å². The fourth-order valence-corrected chi connectivity index (χ4v) is 3.17. The molecule has 9 nitrogen and oxygen atoms in total. The highest BCUT2D eigenvalue weighted by atomic mass is 32.1. The second-order valence-electron chi connectivity index (χ2n) is 5.70. The zero-order valence-corrected chi connectivity index (χ0v) is 14.1. The maximum Gasteiger partial charge on any atom is 0.235 e. The first kappa shape index (κ1) is 17.9. The van der Waals surface area contributed by atoms with Gasteiger partial charge in [-0.05, 0) is 6.92 Å². The quantitative estimate of drug-likeness (QED) is 0.384. The number of aromatic nitrogens is 4. The van der Waals surface area contributed by atoms with E-state index in [0.29, 0.717) is 10.8 Å². The van der Waals surface area contributed by atoms with E-state index >= 15 is 0 Å². The van der Waals surface area contributed by atoms with E-state index in [1.54, 1.807) is 0 Å². The molecule has 25 heavy (non-hydrogen) atoms. The minimum Gasteiger partial charge on any atom is -0.394 e. The van der Waals surface area contributed by atoms with Gasteiger partial charge in [-0.3, -0.25) is 0 Å². The Labute approximate surface area is 146 Å². The van der Waals surface area contributed by atoms with Crippen molar-refractivity contribution in [2.45, 2.75) is 31.3 Å². The van der Waals surface area contributed by atoms with Crippen molar-refractivity contribution < 1.29 is 25.5 Å². The second kappa shape index (κ2) is 7.12. The largest absolute Gasteiger partial charge is 0.394 e. The first-order valence-corrected chi connectivity index (χ1v) is 8.36. The number of aliphatic hydroxyl groups excluding tert-OH is 5. The van der Waals surface area contributed by atoms with Crippen molar-refractivity contribution in [1.29, 1.82) is 0 Å². The third-order valence-corrected chi connectivity index (χ3v) is 4.79. The van der Waals surface area contributed by atoms with Gasteiger partial charge in [0.2, 0.25) is 4.96 Å². The van der Waals surface area contributed by atoms with Crippen LogP contribution in [0.25, 0.3) is 16.3 Å².